The highest BCUT2D eigenvalue weighted by molar-refractivity contribution is 6.54. The van der Waals surface area contributed by atoms with E-state index in [-0.39, 0.29) is 0 Å². The lowest BCUT2D eigenvalue weighted by atomic mass is 9.91. The predicted octanol–water partition coefficient (Wildman–Crippen LogP) is 8.29. The second-order valence-electron chi connectivity index (χ2n) is 12.1. The lowest BCUT2D eigenvalue weighted by Crippen LogP contribution is -2.21. The molecule has 0 amide bonds. The molecule has 212 valence electrons. The Hall–Kier alpha value is -1.75. The highest BCUT2D eigenvalue weighted by Gasteiger charge is 2.19. The van der Waals surface area contributed by atoms with Crippen molar-refractivity contribution >= 4 is 14.8 Å². The normalized spacial score (nSPS) is 15.2. The van der Waals surface area contributed by atoms with Gasteiger partial charge in [0.15, 0.2) is 0 Å². The molecule has 0 aliphatic heterocycles. The third-order valence-corrected chi connectivity index (χ3v) is 10.2. The summed E-state index contributed by atoms with van der Waals surface area (Å²) in [6, 6.07) is 5.50. The van der Waals surface area contributed by atoms with E-state index < -0.39 is 9.52 Å². The summed E-state index contributed by atoms with van der Waals surface area (Å²) in [5, 5.41) is 1.27. The summed E-state index contributed by atoms with van der Waals surface area (Å²) < 4.78 is 5.85. The van der Waals surface area contributed by atoms with Crippen LogP contribution in [0.5, 0.6) is 5.88 Å². The van der Waals surface area contributed by atoms with Crippen LogP contribution in [-0.4, -0.2) is 31.1 Å². The zero-order valence-electron chi connectivity index (χ0n) is 24.8. The van der Waals surface area contributed by atoms with Crippen molar-refractivity contribution in [3.8, 4) is 17.1 Å². The molecule has 2 aromatic heterocycles. The van der Waals surface area contributed by atoms with Crippen molar-refractivity contribution in [1.82, 2.24) is 15.0 Å². The van der Waals surface area contributed by atoms with Gasteiger partial charge in [-0.3, -0.25) is 4.98 Å². The maximum atomic E-state index is 5.85. The van der Waals surface area contributed by atoms with Gasteiger partial charge in [0.25, 0.3) is 0 Å². The number of pyridine rings is 1. The number of ether oxygens (including phenoxy) is 1. The molecule has 1 saturated carbocycles. The Labute approximate surface area is 236 Å². The molecule has 0 radical (unpaired) electrons. The van der Waals surface area contributed by atoms with Gasteiger partial charge < -0.3 is 4.74 Å². The molecule has 0 spiro atoms. The molecule has 2 aromatic rings. The first-order chi connectivity index (χ1) is 18.7. The van der Waals surface area contributed by atoms with Crippen LogP contribution in [0.3, 0.4) is 0 Å². The van der Waals surface area contributed by atoms with Crippen LogP contribution in [0.4, 0.5) is 0 Å². The monoisotopic (exact) mass is 537 g/mol. The Morgan fingerprint density at radius 2 is 1.61 bits per heavy atom. The third kappa shape index (κ3) is 12.9. The Kier molecular flexibility index (Phi) is 15.0. The first-order valence-electron chi connectivity index (χ1n) is 16.0. The van der Waals surface area contributed by atoms with Crippen LogP contribution in [-0.2, 0) is 0 Å². The van der Waals surface area contributed by atoms with Gasteiger partial charge in [0.2, 0.25) is 5.88 Å². The van der Waals surface area contributed by atoms with Gasteiger partial charge in [0.1, 0.15) is 0 Å². The standard InChI is InChI=1S/C33H55N3OSi/c1-4-5-8-14-27(2)18-19-28(3)15-10-12-24-38-33-30(17-13-22-34-33)31-25-36-32(26-35-31)37-23-11-7-6-9-16-29-20-21-29/h13,17,22,25-29H,4-12,14-16,18-21,23-24,38H2,1-3H3. The largest absolute Gasteiger partial charge is 0.477 e. The Balaban J connectivity index is 1.30. The molecular weight excluding hydrogens is 482 g/mol. The zero-order valence-corrected chi connectivity index (χ0v) is 26.2. The second kappa shape index (κ2) is 18.5. The van der Waals surface area contributed by atoms with Crippen LogP contribution in [0.2, 0.25) is 6.04 Å². The molecular formula is C33H55N3OSi. The summed E-state index contributed by atoms with van der Waals surface area (Å²) in [4.78, 5) is 14.0. The van der Waals surface area contributed by atoms with Gasteiger partial charge in [-0.25, -0.2) is 9.97 Å². The van der Waals surface area contributed by atoms with Crippen LogP contribution in [0.1, 0.15) is 124 Å². The minimum absolute atomic E-state index is 0.411. The number of nitrogens with zero attached hydrogens (tertiary/aromatic N) is 3. The van der Waals surface area contributed by atoms with E-state index in [2.05, 4.69) is 36.8 Å². The smallest absolute Gasteiger partial charge is 0.232 e. The van der Waals surface area contributed by atoms with Crippen LogP contribution < -0.4 is 10.1 Å². The maximum absolute atomic E-state index is 5.85. The van der Waals surface area contributed by atoms with E-state index in [9.17, 15) is 0 Å². The lowest BCUT2D eigenvalue weighted by Gasteiger charge is -2.15. The van der Waals surface area contributed by atoms with E-state index in [4.69, 9.17) is 9.72 Å². The van der Waals surface area contributed by atoms with Crippen molar-refractivity contribution in [2.45, 2.75) is 130 Å². The molecule has 4 nitrogen and oxygen atoms in total. The van der Waals surface area contributed by atoms with Gasteiger partial charge in [0.05, 0.1) is 34.2 Å². The maximum Gasteiger partial charge on any atom is 0.232 e. The van der Waals surface area contributed by atoms with Crippen LogP contribution in [0, 0.1) is 17.8 Å². The summed E-state index contributed by atoms with van der Waals surface area (Å²) in [7, 11) is -0.411. The number of hydrogen-bond donors (Lipinski definition) is 0. The van der Waals surface area contributed by atoms with Crippen molar-refractivity contribution in [2.75, 3.05) is 6.61 Å². The van der Waals surface area contributed by atoms with E-state index in [1.807, 2.05) is 18.5 Å². The fourth-order valence-corrected chi connectivity index (χ4v) is 7.18. The molecule has 1 aliphatic rings. The van der Waals surface area contributed by atoms with Gasteiger partial charge >= 0.3 is 0 Å². The number of rotatable bonds is 22. The van der Waals surface area contributed by atoms with Gasteiger partial charge in [-0.05, 0) is 36.3 Å². The fourth-order valence-electron chi connectivity index (χ4n) is 5.43. The molecule has 38 heavy (non-hydrogen) atoms. The van der Waals surface area contributed by atoms with Crippen molar-refractivity contribution in [1.29, 1.82) is 0 Å². The van der Waals surface area contributed by atoms with Gasteiger partial charge in [-0.15, -0.1) is 0 Å². The molecule has 1 aliphatic carbocycles. The Bertz CT molecular complexity index is 871. The van der Waals surface area contributed by atoms with Crippen LogP contribution in [0.25, 0.3) is 11.3 Å². The van der Waals surface area contributed by atoms with Crippen molar-refractivity contribution in [3.05, 3.63) is 30.7 Å². The Morgan fingerprint density at radius 1 is 0.842 bits per heavy atom. The number of unbranched alkanes of at least 4 members (excludes halogenated alkanes) is 6. The van der Waals surface area contributed by atoms with E-state index in [1.54, 1.807) is 6.20 Å². The van der Waals surface area contributed by atoms with E-state index >= 15 is 0 Å². The Morgan fingerprint density at radius 3 is 2.32 bits per heavy atom. The molecule has 0 saturated heterocycles. The van der Waals surface area contributed by atoms with Gasteiger partial charge in [0, 0.05) is 17.1 Å². The SMILES string of the molecule is CCCCCC(C)CCC(C)CCCC[SiH2]c1ncccc1-c1cnc(OCCCCCCC2CC2)cn1. The average Bonchev–Trinajstić information content (AvgIpc) is 3.76. The molecule has 0 N–H and O–H groups in total. The van der Waals surface area contributed by atoms with E-state index in [1.165, 1.54) is 113 Å². The van der Waals surface area contributed by atoms with E-state index in [0.29, 0.717) is 5.88 Å². The topological polar surface area (TPSA) is 47.9 Å². The highest BCUT2D eigenvalue weighted by atomic mass is 28.2. The minimum atomic E-state index is -0.411. The van der Waals surface area contributed by atoms with Gasteiger partial charge in [-0.1, -0.05) is 123 Å². The molecule has 2 atom stereocenters. The third-order valence-electron chi connectivity index (χ3n) is 8.31. The van der Waals surface area contributed by atoms with Gasteiger partial charge in [-0.2, -0.15) is 0 Å². The van der Waals surface area contributed by atoms with E-state index in [0.717, 1.165) is 36.5 Å². The van der Waals surface area contributed by atoms with Crippen molar-refractivity contribution in [3.63, 3.8) is 0 Å². The summed E-state index contributed by atoms with van der Waals surface area (Å²) in [6.07, 6.45) is 27.4. The molecule has 3 rings (SSSR count). The first kappa shape index (κ1) is 30.8. The summed E-state index contributed by atoms with van der Waals surface area (Å²) in [5.74, 6) is 3.45. The molecule has 1 fully saturated rings. The molecule has 0 aromatic carbocycles. The minimum Gasteiger partial charge on any atom is -0.477 e. The highest BCUT2D eigenvalue weighted by Crippen LogP contribution is 2.34. The molecule has 2 heterocycles. The van der Waals surface area contributed by atoms with Crippen LogP contribution in [0.15, 0.2) is 30.7 Å². The summed E-state index contributed by atoms with van der Waals surface area (Å²) in [6.45, 7) is 7.93. The number of aromatic nitrogens is 3. The first-order valence-corrected chi connectivity index (χ1v) is 17.8. The zero-order chi connectivity index (χ0) is 26.8. The summed E-state index contributed by atoms with van der Waals surface area (Å²) in [5.41, 5.74) is 2.09. The van der Waals surface area contributed by atoms with Crippen LogP contribution >= 0.6 is 0 Å². The lowest BCUT2D eigenvalue weighted by molar-refractivity contribution is 0.292. The second-order valence-corrected chi connectivity index (χ2v) is 14.0. The number of hydrogen-bond acceptors (Lipinski definition) is 4. The quantitative estimate of drug-likeness (QED) is 0.112. The average molecular weight is 538 g/mol. The molecule has 0 bridgehead atoms. The molecule has 2 unspecified atom stereocenters. The molecule has 5 heteroatoms. The van der Waals surface area contributed by atoms with Crippen molar-refractivity contribution < 1.29 is 4.74 Å². The summed E-state index contributed by atoms with van der Waals surface area (Å²) >= 11 is 0. The predicted molar refractivity (Wildman–Crippen MR) is 165 cm³/mol. The van der Waals surface area contributed by atoms with Crippen molar-refractivity contribution in [2.24, 2.45) is 17.8 Å². The fraction of sp³-hybridized carbons (Fsp3) is 0.727.